The number of ether oxygens (including phenoxy) is 1. The van der Waals surface area contributed by atoms with Crippen molar-refractivity contribution in [3.05, 3.63) is 24.3 Å². The van der Waals surface area contributed by atoms with E-state index < -0.39 is 0 Å². The first-order chi connectivity index (χ1) is 10.3. The molecule has 1 aliphatic rings. The molecule has 3 nitrogen and oxygen atoms in total. The molecule has 1 aromatic carbocycles. The third kappa shape index (κ3) is 5.40. The molecule has 1 heterocycles. The van der Waals surface area contributed by atoms with Crippen LogP contribution in [0.3, 0.4) is 0 Å². The Morgan fingerprint density at radius 3 is 2.24 bits per heavy atom. The Morgan fingerprint density at radius 1 is 0.952 bits per heavy atom. The van der Waals surface area contributed by atoms with Gasteiger partial charge < -0.3 is 9.64 Å². The summed E-state index contributed by atoms with van der Waals surface area (Å²) in [4.78, 5) is 5.05. The predicted octanol–water partition coefficient (Wildman–Crippen LogP) is 3.62. The van der Waals surface area contributed by atoms with Crippen LogP contribution < -0.4 is 9.64 Å². The van der Waals surface area contributed by atoms with Crippen LogP contribution in [0.25, 0.3) is 0 Å². The minimum atomic E-state index is 0.806. The average Bonchev–Trinajstić information content (AvgIpc) is 2.55. The summed E-state index contributed by atoms with van der Waals surface area (Å²) in [7, 11) is 1.71. The van der Waals surface area contributed by atoms with Crippen molar-refractivity contribution < 1.29 is 4.74 Å². The van der Waals surface area contributed by atoms with Crippen LogP contribution in [0.1, 0.15) is 25.7 Å². The van der Waals surface area contributed by atoms with Gasteiger partial charge in [-0.05, 0) is 43.7 Å². The van der Waals surface area contributed by atoms with Crippen LogP contribution in [-0.2, 0) is 0 Å². The quantitative estimate of drug-likeness (QED) is 0.539. The molecule has 0 N–H and O–H groups in total. The van der Waals surface area contributed by atoms with E-state index in [1.807, 2.05) is 12.1 Å². The number of hydrogen-bond acceptors (Lipinski definition) is 3. The SMILES string of the molecule is COc1ccc(N2CCN(CCCCCCCl)CC2)cc1. The van der Waals surface area contributed by atoms with Crippen LogP contribution in [0.2, 0.25) is 0 Å². The maximum atomic E-state index is 5.70. The summed E-state index contributed by atoms with van der Waals surface area (Å²) in [5, 5.41) is 0. The molecule has 0 amide bonds. The van der Waals surface area contributed by atoms with E-state index in [4.69, 9.17) is 16.3 Å². The minimum Gasteiger partial charge on any atom is -0.497 e. The Bertz CT molecular complexity index is 388. The third-order valence-electron chi connectivity index (χ3n) is 4.17. The lowest BCUT2D eigenvalue weighted by molar-refractivity contribution is 0.252. The average molecular weight is 311 g/mol. The smallest absolute Gasteiger partial charge is 0.119 e. The molecule has 0 unspecified atom stereocenters. The van der Waals surface area contributed by atoms with Crippen LogP contribution in [0, 0.1) is 0 Å². The van der Waals surface area contributed by atoms with Crippen LogP contribution in [0.4, 0.5) is 5.69 Å². The Labute approximate surface area is 133 Å². The highest BCUT2D eigenvalue weighted by molar-refractivity contribution is 6.17. The van der Waals surface area contributed by atoms with Gasteiger partial charge in [-0.2, -0.15) is 0 Å². The molecule has 1 aliphatic heterocycles. The Balaban J connectivity index is 1.67. The number of alkyl halides is 1. The zero-order valence-electron chi connectivity index (χ0n) is 13.1. The van der Waals surface area contributed by atoms with Crippen molar-refractivity contribution in [1.29, 1.82) is 0 Å². The van der Waals surface area contributed by atoms with Gasteiger partial charge in [-0.1, -0.05) is 12.8 Å². The van der Waals surface area contributed by atoms with Gasteiger partial charge in [0.05, 0.1) is 7.11 Å². The summed E-state index contributed by atoms with van der Waals surface area (Å²) in [6, 6.07) is 8.39. The molecule has 1 fully saturated rings. The van der Waals surface area contributed by atoms with Gasteiger partial charge in [0.2, 0.25) is 0 Å². The molecule has 0 aliphatic carbocycles. The second-order valence-electron chi connectivity index (χ2n) is 5.63. The maximum absolute atomic E-state index is 5.70. The topological polar surface area (TPSA) is 15.7 Å². The van der Waals surface area contributed by atoms with E-state index in [9.17, 15) is 0 Å². The molecule has 0 saturated carbocycles. The molecule has 0 radical (unpaired) electrons. The van der Waals surface area contributed by atoms with E-state index in [0.29, 0.717) is 0 Å². The first-order valence-electron chi connectivity index (χ1n) is 8.01. The van der Waals surface area contributed by atoms with Gasteiger partial charge >= 0.3 is 0 Å². The van der Waals surface area contributed by atoms with Crippen LogP contribution in [0.5, 0.6) is 5.75 Å². The van der Waals surface area contributed by atoms with Crippen LogP contribution in [-0.4, -0.2) is 50.6 Å². The number of piperazine rings is 1. The molecule has 0 bridgehead atoms. The van der Waals surface area contributed by atoms with E-state index in [-0.39, 0.29) is 0 Å². The van der Waals surface area contributed by atoms with E-state index in [1.165, 1.54) is 44.6 Å². The molecule has 118 valence electrons. The first-order valence-corrected chi connectivity index (χ1v) is 8.54. The van der Waals surface area contributed by atoms with E-state index in [0.717, 1.165) is 31.1 Å². The van der Waals surface area contributed by atoms with Gasteiger partial charge in [-0.15, -0.1) is 11.6 Å². The molecular formula is C17H27ClN2O. The maximum Gasteiger partial charge on any atom is 0.119 e. The Kier molecular flexibility index (Phi) is 7.17. The highest BCUT2D eigenvalue weighted by Crippen LogP contribution is 2.20. The summed E-state index contributed by atoms with van der Waals surface area (Å²) < 4.78 is 5.21. The van der Waals surface area contributed by atoms with E-state index >= 15 is 0 Å². The molecule has 0 spiro atoms. The van der Waals surface area contributed by atoms with Crippen molar-refractivity contribution in [2.75, 3.05) is 50.6 Å². The molecule has 21 heavy (non-hydrogen) atoms. The van der Waals surface area contributed by atoms with Crippen LogP contribution in [0.15, 0.2) is 24.3 Å². The van der Waals surface area contributed by atoms with Crippen LogP contribution >= 0.6 is 11.6 Å². The molecule has 4 heteroatoms. The molecule has 2 rings (SSSR count). The van der Waals surface area contributed by atoms with Gasteiger partial charge in [0.15, 0.2) is 0 Å². The van der Waals surface area contributed by atoms with Crippen molar-refractivity contribution in [2.24, 2.45) is 0 Å². The zero-order valence-corrected chi connectivity index (χ0v) is 13.8. The number of benzene rings is 1. The molecule has 0 aromatic heterocycles. The lowest BCUT2D eigenvalue weighted by Crippen LogP contribution is -2.46. The lowest BCUT2D eigenvalue weighted by atomic mass is 10.2. The number of methoxy groups -OCH3 is 1. The number of nitrogens with zero attached hydrogens (tertiary/aromatic N) is 2. The predicted molar refractivity (Wildman–Crippen MR) is 90.8 cm³/mol. The fraction of sp³-hybridized carbons (Fsp3) is 0.647. The van der Waals surface area contributed by atoms with E-state index in [1.54, 1.807) is 7.11 Å². The number of halogens is 1. The third-order valence-corrected chi connectivity index (χ3v) is 4.44. The lowest BCUT2D eigenvalue weighted by Gasteiger charge is -2.36. The number of rotatable bonds is 8. The minimum absolute atomic E-state index is 0.806. The van der Waals surface area contributed by atoms with Gasteiger partial charge in [0.1, 0.15) is 5.75 Å². The molecule has 0 atom stereocenters. The summed E-state index contributed by atoms with van der Waals surface area (Å²) in [6.45, 7) is 5.81. The first kappa shape index (κ1) is 16.4. The number of unbranched alkanes of at least 4 members (excludes halogenated alkanes) is 3. The molecule has 1 saturated heterocycles. The van der Waals surface area contributed by atoms with Gasteiger partial charge in [0, 0.05) is 37.7 Å². The summed E-state index contributed by atoms with van der Waals surface area (Å²) in [6.07, 6.45) is 5.05. The summed E-state index contributed by atoms with van der Waals surface area (Å²) >= 11 is 5.70. The second-order valence-corrected chi connectivity index (χ2v) is 6.01. The monoisotopic (exact) mass is 310 g/mol. The normalized spacial score (nSPS) is 16.2. The highest BCUT2D eigenvalue weighted by Gasteiger charge is 2.16. The summed E-state index contributed by atoms with van der Waals surface area (Å²) in [5.41, 5.74) is 1.30. The standard InChI is InChI=1S/C17H27ClN2O/c1-21-17-8-6-16(7-9-17)20-14-12-19(13-15-20)11-5-3-2-4-10-18/h6-9H,2-5,10-15H2,1H3. The van der Waals surface area contributed by atoms with Crippen molar-refractivity contribution in [3.63, 3.8) is 0 Å². The van der Waals surface area contributed by atoms with Crippen molar-refractivity contribution in [1.82, 2.24) is 4.90 Å². The van der Waals surface area contributed by atoms with Crippen molar-refractivity contribution in [2.45, 2.75) is 25.7 Å². The summed E-state index contributed by atoms with van der Waals surface area (Å²) in [5.74, 6) is 1.73. The largest absolute Gasteiger partial charge is 0.497 e. The zero-order chi connectivity index (χ0) is 14.9. The highest BCUT2D eigenvalue weighted by atomic mass is 35.5. The van der Waals surface area contributed by atoms with Gasteiger partial charge in [-0.3, -0.25) is 4.90 Å². The second kappa shape index (κ2) is 9.16. The molecular weight excluding hydrogens is 284 g/mol. The number of anilines is 1. The van der Waals surface area contributed by atoms with Gasteiger partial charge in [0.25, 0.3) is 0 Å². The fourth-order valence-corrected chi connectivity index (χ4v) is 3.00. The fourth-order valence-electron chi connectivity index (χ4n) is 2.81. The van der Waals surface area contributed by atoms with Gasteiger partial charge in [-0.25, -0.2) is 0 Å². The Hall–Kier alpha value is -0.930. The molecule has 1 aromatic rings. The van der Waals surface area contributed by atoms with E-state index in [2.05, 4.69) is 21.9 Å². The Morgan fingerprint density at radius 2 is 1.62 bits per heavy atom. The number of hydrogen-bond donors (Lipinski definition) is 0. The van der Waals surface area contributed by atoms with Crippen molar-refractivity contribution in [3.8, 4) is 5.75 Å². The van der Waals surface area contributed by atoms with Crippen molar-refractivity contribution >= 4 is 17.3 Å².